The van der Waals surface area contributed by atoms with Crippen LogP contribution in [0.4, 0.5) is 11.5 Å². The topological polar surface area (TPSA) is 112 Å². The summed E-state index contributed by atoms with van der Waals surface area (Å²) in [5.41, 5.74) is 6.41. The Kier molecular flexibility index (Phi) is 6.70. The van der Waals surface area contributed by atoms with Crippen LogP contribution in [0.15, 0.2) is 5.16 Å². The van der Waals surface area contributed by atoms with Crippen LogP contribution in [0.5, 0.6) is 0 Å². The van der Waals surface area contributed by atoms with E-state index in [-0.39, 0.29) is 42.7 Å². The van der Waals surface area contributed by atoms with Gasteiger partial charge in [0.05, 0.1) is 25.4 Å². The van der Waals surface area contributed by atoms with Crippen LogP contribution in [-0.4, -0.2) is 64.2 Å². The zero-order valence-corrected chi connectivity index (χ0v) is 17.3. The third-order valence-electron chi connectivity index (χ3n) is 4.47. The number of fused-ring (bicyclic) bond motifs is 1. The first kappa shape index (κ1) is 20.9. The zero-order chi connectivity index (χ0) is 19.6. The quantitative estimate of drug-likeness (QED) is 0.332. The van der Waals surface area contributed by atoms with Gasteiger partial charge in [0.25, 0.3) is 0 Å². The van der Waals surface area contributed by atoms with Gasteiger partial charge in [-0.3, -0.25) is 0 Å². The molecule has 2 fully saturated rings. The largest absolute Gasteiger partial charge is 0.394 e. The van der Waals surface area contributed by atoms with Crippen molar-refractivity contribution in [3.05, 3.63) is 5.15 Å². The van der Waals surface area contributed by atoms with E-state index in [1.54, 1.807) is 0 Å². The van der Waals surface area contributed by atoms with E-state index in [9.17, 15) is 0 Å². The van der Waals surface area contributed by atoms with E-state index in [0.717, 1.165) is 12.2 Å². The predicted molar refractivity (Wildman–Crippen MR) is 105 cm³/mol. The molecule has 1 aromatic rings. The van der Waals surface area contributed by atoms with Crippen molar-refractivity contribution in [2.45, 2.75) is 68.9 Å². The Hall–Kier alpha value is -0.840. The maximum Gasteiger partial charge on any atom is 0.191 e. The van der Waals surface area contributed by atoms with E-state index >= 15 is 0 Å². The summed E-state index contributed by atoms with van der Waals surface area (Å²) in [6.07, 6.45) is 1.02. The third-order valence-corrected chi connectivity index (χ3v) is 5.81. The predicted octanol–water partition coefficient (Wildman–Crippen LogP) is 2.30. The van der Waals surface area contributed by atoms with Crippen molar-refractivity contribution in [1.29, 1.82) is 0 Å². The first-order chi connectivity index (χ1) is 12.8. The molecule has 1 saturated carbocycles. The molecule has 1 saturated heterocycles. The van der Waals surface area contributed by atoms with Crippen molar-refractivity contribution in [2.24, 2.45) is 0 Å². The number of anilines is 2. The third kappa shape index (κ3) is 4.78. The van der Waals surface area contributed by atoms with Crippen LogP contribution in [0, 0.1) is 0 Å². The number of halogens is 1. The molecule has 4 N–H and O–H groups in total. The molecule has 0 amide bonds. The van der Waals surface area contributed by atoms with E-state index in [1.807, 2.05) is 13.8 Å². The maximum atomic E-state index is 9.08. The lowest BCUT2D eigenvalue weighted by atomic mass is 10.2. The Bertz CT molecular complexity index is 666. The van der Waals surface area contributed by atoms with E-state index in [0.29, 0.717) is 23.1 Å². The first-order valence-electron chi connectivity index (χ1n) is 9.15. The Labute approximate surface area is 168 Å². The van der Waals surface area contributed by atoms with Crippen LogP contribution >= 0.6 is 23.4 Å². The molecule has 0 aromatic carbocycles. The van der Waals surface area contributed by atoms with Gasteiger partial charge in [0, 0.05) is 5.75 Å². The van der Waals surface area contributed by atoms with Crippen LogP contribution < -0.4 is 11.1 Å². The first-order valence-corrected chi connectivity index (χ1v) is 10.5. The molecule has 27 heavy (non-hydrogen) atoms. The average Bonchev–Trinajstić information content (AvgIpc) is 3.09. The lowest BCUT2D eigenvalue weighted by Crippen LogP contribution is -2.35. The van der Waals surface area contributed by atoms with Crippen LogP contribution in [0.25, 0.3) is 0 Å². The van der Waals surface area contributed by atoms with Gasteiger partial charge in [-0.25, -0.2) is 9.97 Å². The number of nitrogens with zero attached hydrogens (tertiary/aromatic N) is 2. The highest BCUT2D eigenvalue weighted by Gasteiger charge is 2.54. The lowest BCUT2D eigenvalue weighted by molar-refractivity contribution is -0.167. The fourth-order valence-corrected chi connectivity index (χ4v) is 4.33. The molecule has 0 spiro atoms. The summed E-state index contributed by atoms with van der Waals surface area (Å²) in [7, 11) is 0. The number of nitrogen functional groups attached to an aromatic ring is 1. The molecule has 1 aliphatic carbocycles. The molecule has 152 valence electrons. The molecule has 1 unspecified atom stereocenters. The molecule has 3 rings (SSSR count). The second-order valence-corrected chi connectivity index (χ2v) is 8.51. The summed E-state index contributed by atoms with van der Waals surface area (Å²) in [6, 6.07) is -0.113. The fraction of sp³-hybridized carbons (Fsp3) is 0.765. The molecule has 4 atom stereocenters. The number of thioether (sulfide) groups is 1. The van der Waals surface area contributed by atoms with Gasteiger partial charge in [-0.05, 0) is 26.7 Å². The Balaban J connectivity index is 1.79. The van der Waals surface area contributed by atoms with Gasteiger partial charge in [0.2, 0.25) is 0 Å². The number of ether oxygens (including phenoxy) is 3. The van der Waals surface area contributed by atoms with Crippen molar-refractivity contribution in [1.82, 2.24) is 9.97 Å². The average molecular weight is 419 g/mol. The zero-order valence-electron chi connectivity index (χ0n) is 15.8. The minimum atomic E-state index is -0.701. The van der Waals surface area contributed by atoms with Gasteiger partial charge >= 0.3 is 0 Å². The molecular weight excluding hydrogens is 392 g/mol. The number of nitrogens with two attached hydrogens (primary N) is 1. The smallest absolute Gasteiger partial charge is 0.191 e. The van der Waals surface area contributed by atoms with Crippen molar-refractivity contribution in [3.8, 4) is 0 Å². The summed E-state index contributed by atoms with van der Waals surface area (Å²) in [6.45, 7) is 6.06. The normalized spacial score (nSPS) is 29.1. The van der Waals surface area contributed by atoms with Crippen LogP contribution in [-0.2, 0) is 14.2 Å². The number of aliphatic hydroxyl groups excluding tert-OH is 1. The summed E-state index contributed by atoms with van der Waals surface area (Å²) < 4.78 is 17.9. The lowest BCUT2D eigenvalue weighted by Gasteiger charge is -2.24. The molecule has 2 aliphatic rings. The van der Waals surface area contributed by atoms with Gasteiger partial charge in [-0.1, -0.05) is 30.3 Å². The van der Waals surface area contributed by atoms with Gasteiger partial charge < -0.3 is 30.4 Å². The number of nitrogens with one attached hydrogen (secondary N) is 1. The number of aromatic nitrogens is 2. The standard InChI is InChI=1S/C17H27ClN4O4S/c1-4-7-27-16-21-14(18)11(19)15(22-16)20-9-8-10(24-6-5-23)13-12(9)25-17(2,3)26-13/h9-10,12-13,23H,4-8,19H2,1-3H3,(H,20,21,22)/t9-,10+,12?,13-/m1/s1. The molecule has 10 heteroatoms. The Morgan fingerprint density at radius 3 is 2.81 bits per heavy atom. The van der Waals surface area contributed by atoms with Crippen molar-refractivity contribution in [2.75, 3.05) is 30.0 Å². The number of aliphatic hydroxyl groups is 1. The minimum Gasteiger partial charge on any atom is -0.394 e. The van der Waals surface area contributed by atoms with Crippen LogP contribution in [0.3, 0.4) is 0 Å². The van der Waals surface area contributed by atoms with Gasteiger partial charge in [0.15, 0.2) is 21.9 Å². The Morgan fingerprint density at radius 2 is 2.11 bits per heavy atom. The second kappa shape index (κ2) is 8.67. The molecule has 0 radical (unpaired) electrons. The summed E-state index contributed by atoms with van der Waals surface area (Å²) >= 11 is 7.73. The summed E-state index contributed by atoms with van der Waals surface area (Å²) in [4.78, 5) is 8.76. The van der Waals surface area contributed by atoms with Crippen molar-refractivity contribution >= 4 is 34.9 Å². The molecule has 2 heterocycles. The van der Waals surface area contributed by atoms with Crippen molar-refractivity contribution < 1.29 is 19.3 Å². The van der Waals surface area contributed by atoms with Gasteiger partial charge in [-0.15, -0.1) is 0 Å². The molecular formula is C17H27ClN4O4S. The molecule has 0 bridgehead atoms. The summed E-state index contributed by atoms with van der Waals surface area (Å²) in [5.74, 6) is 0.692. The highest BCUT2D eigenvalue weighted by atomic mass is 35.5. The maximum absolute atomic E-state index is 9.08. The Morgan fingerprint density at radius 1 is 1.37 bits per heavy atom. The summed E-state index contributed by atoms with van der Waals surface area (Å²) in [5, 5.41) is 13.3. The number of rotatable bonds is 8. The highest BCUT2D eigenvalue weighted by Crippen LogP contribution is 2.41. The monoisotopic (exact) mass is 418 g/mol. The van der Waals surface area contributed by atoms with E-state index in [4.69, 9.17) is 36.7 Å². The fourth-order valence-electron chi connectivity index (χ4n) is 3.41. The second-order valence-electron chi connectivity index (χ2n) is 7.09. The van der Waals surface area contributed by atoms with Crippen LogP contribution in [0.2, 0.25) is 5.15 Å². The number of hydrogen-bond acceptors (Lipinski definition) is 9. The SMILES string of the molecule is CCCSc1nc(Cl)c(N)c(N[C@@H]2C[C@H](OCCO)[C@H]3OC(C)(C)OC23)n1. The molecule has 1 aromatic heterocycles. The van der Waals surface area contributed by atoms with Gasteiger partial charge in [-0.2, -0.15) is 0 Å². The van der Waals surface area contributed by atoms with E-state index < -0.39 is 5.79 Å². The van der Waals surface area contributed by atoms with Crippen molar-refractivity contribution in [3.63, 3.8) is 0 Å². The van der Waals surface area contributed by atoms with Crippen LogP contribution in [0.1, 0.15) is 33.6 Å². The highest BCUT2D eigenvalue weighted by molar-refractivity contribution is 7.99. The van der Waals surface area contributed by atoms with E-state index in [1.165, 1.54) is 11.8 Å². The van der Waals surface area contributed by atoms with Gasteiger partial charge in [0.1, 0.15) is 17.9 Å². The molecule has 8 nitrogen and oxygen atoms in total. The number of hydrogen-bond donors (Lipinski definition) is 3. The minimum absolute atomic E-state index is 0.0390. The molecule has 1 aliphatic heterocycles. The van der Waals surface area contributed by atoms with E-state index in [2.05, 4.69) is 22.2 Å².